The number of nitrogens with one attached hydrogen (secondary N) is 1. The van der Waals surface area contributed by atoms with Gasteiger partial charge in [0.25, 0.3) is 0 Å². The molecular formula is C16H24N4O. The van der Waals surface area contributed by atoms with E-state index in [0.717, 1.165) is 31.2 Å². The maximum atomic E-state index is 11.9. The van der Waals surface area contributed by atoms with Crippen molar-refractivity contribution in [2.24, 2.45) is 5.92 Å². The van der Waals surface area contributed by atoms with Gasteiger partial charge in [0.1, 0.15) is 0 Å². The van der Waals surface area contributed by atoms with Crippen LogP contribution in [0.5, 0.6) is 0 Å². The van der Waals surface area contributed by atoms with Gasteiger partial charge in [-0.15, -0.1) is 0 Å². The fourth-order valence-corrected chi connectivity index (χ4v) is 3.11. The number of aromatic nitrogens is 2. The topological polar surface area (TPSA) is 58.1 Å². The number of hydrogen-bond acceptors (Lipinski definition) is 4. The summed E-state index contributed by atoms with van der Waals surface area (Å²) in [5.41, 5.74) is 2.22. The Hall–Kier alpha value is -1.65. The van der Waals surface area contributed by atoms with Crippen LogP contribution in [0.15, 0.2) is 6.07 Å². The highest BCUT2D eigenvalue weighted by Gasteiger charge is 2.30. The lowest BCUT2D eigenvalue weighted by Crippen LogP contribution is -2.33. The minimum absolute atomic E-state index is 0.0706. The Morgan fingerprint density at radius 2 is 2.19 bits per heavy atom. The molecule has 1 aromatic rings. The molecule has 0 bridgehead atoms. The Morgan fingerprint density at radius 1 is 1.38 bits per heavy atom. The SMILES string of the molecule is CCNC(=O)C1CCN(c2nc(C)cc(C3CCC3)n2)C1. The van der Waals surface area contributed by atoms with E-state index in [-0.39, 0.29) is 11.8 Å². The molecule has 1 aromatic heterocycles. The van der Waals surface area contributed by atoms with Gasteiger partial charge in [-0.25, -0.2) is 9.97 Å². The summed E-state index contributed by atoms with van der Waals surface area (Å²) < 4.78 is 0. The van der Waals surface area contributed by atoms with E-state index in [2.05, 4.69) is 21.3 Å². The van der Waals surface area contributed by atoms with Crippen LogP contribution < -0.4 is 10.2 Å². The summed E-state index contributed by atoms with van der Waals surface area (Å²) in [5, 5.41) is 2.91. The van der Waals surface area contributed by atoms with Crippen LogP contribution >= 0.6 is 0 Å². The molecule has 3 rings (SSSR count). The average molecular weight is 288 g/mol. The number of nitrogens with zero attached hydrogens (tertiary/aromatic N) is 3. The Bertz CT molecular complexity index is 527. The van der Waals surface area contributed by atoms with Gasteiger partial charge in [-0.3, -0.25) is 4.79 Å². The Morgan fingerprint density at radius 3 is 2.86 bits per heavy atom. The second kappa shape index (κ2) is 6.00. The number of amides is 1. The summed E-state index contributed by atoms with van der Waals surface area (Å²) in [6, 6.07) is 2.12. The zero-order valence-electron chi connectivity index (χ0n) is 12.9. The molecule has 21 heavy (non-hydrogen) atoms. The molecule has 5 nitrogen and oxygen atoms in total. The highest BCUT2D eigenvalue weighted by atomic mass is 16.1. The van der Waals surface area contributed by atoms with Crippen LogP contribution in [0, 0.1) is 12.8 Å². The highest BCUT2D eigenvalue weighted by molar-refractivity contribution is 5.79. The van der Waals surface area contributed by atoms with Crippen molar-refractivity contribution in [3.05, 3.63) is 17.5 Å². The van der Waals surface area contributed by atoms with Crippen molar-refractivity contribution in [2.45, 2.75) is 45.4 Å². The minimum atomic E-state index is 0.0706. The molecule has 1 N–H and O–H groups in total. The predicted molar refractivity (Wildman–Crippen MR) is 82.4 cm³/mol. The molecule has 114 valence electrons. The monoisotopic (exact) mass is 288 g/mol. The molecule has 1 amide bonds. The van der Waals surface area contributed by atoms with E-state index in [0.29, 0.717) is 12.5 Å². The molecule has 2 fully saturated rings. The predicted octanol–water partition coefficient (Wildman–Crippen LogP) is 2.01. The van der Waals surface area contributed by atoms with Crippen molar-refractivity contribution in [1.82, 2.24) is 15.3 Å². The van der Waals surface area contributed by atoms with Crippen LogP contribution in [0.2, 0.25) is 0 Å². The number of anilines is 1. The van der Waals surface area contributed by atoms with E-state index < -0.39 is 0 Å². The first kappa shape index (κ1) is 14.3. The lowest BCUT2D eigenvalue weighted by molar-refractivity contribution is -0.124. The Kier molecular flexibility index (Phi) is 4.08. The summed E-state index contributed by atoms with van der Waals surface area (Å²) in [7, 11) is 0. The number of carbonyl (C=O) groups is 1. The second-order valence-corrected chi connectivity index (χ2v) is 6.19. The first-order chi connectivity index (χ1) is 10.2. The van der Waals surface area contributed by atoms with Gasteiger partial charge in [-0.1, -0.05) is 6.42 Å². The lowest BCUT2D eigenvalue weighted by atomic mass is 9.83. The Balaban J connectivity index is 1.72. The third kappa shape index (κ3) is 3.01. The molecule has 1 atom stereocenters. The first-order valence-corrected chi connectivity index (χ1v) is 8.05. The molecular weight excluding hydrogens is 264 g/mol. The first-order valence-electron chi connectivity index (χ1n) is 8.05. The second-order valence-electron chi connectivity index (χ2n) is 6.19. The van der Waals surface area contributed by atoms with Crippen molar-refractivity contribution >= 4 is 11.9 Å². The summed E-state index contributed by atoms with van der Waals surface area (Å²) >= 11 is 0. The summed E-state index contributed by atoms with van der Waals surface area (Å²) in [6.45, 7) is 6.29. The zero-order valence-corrected chi connectivity index (χ0v) is 12.9. The normalized spacial score (nSPS) is 22.2. The molecule has 1 aliphatic heterocycles. The zero-order chi connectivity index (χ0) is 14.8. The van der Waals surface area contributed by atoms with E-state index in [4.69, 9.17) is 4.98 Å². The van der Waals surface area contributed by atoms with Gasteiger partial charge in [0.15, 0.2) is 0 Å². The van der Waals surface area contributed by atoms with Crippen molar-refractivity contribution < 1.29 is 4.79 Å². The van der Waals surface area contributed by atoms with Crippen LogP contribution in [0.3, 0.4) is 0 Å². The van der Waals surface area contributed by atoms with Crippen molar-refractivity contribution in [2.75, 3.05) is 24.5 Å². The summed E-state index contributed by atoms with van der Waals surface area (Å²) in [5.74, 6) is 1.66. The smallest absolute Gasteiger partial charge is 0.225 e. The molecule has 0 radical (unpaired) electrons. The molecule has 0 aromatic carbocycles. The van der Waals surface area contributed by atoms with E-state index in [1.54, 1.807) is 0 Å². The fourth-order valence-electron chi connectivity index (χ4n) is 3.11. The van der Waals surface area contributed by atoms with Gasteiger partial charge in [-0.05, 0) is 39.2 Å². The van der Waals surface area contributed by atoms with E-state index in [9.17, 15) is 4.79 Å². The maximum Gasteiger partial charge on any atom is 0.225 e. The third-order valence-electron chi connectivity index (χ3n) is 4.58. The molecule has 0 spiro atoms. The van der Waals surface area contributed by atoms with Gasteiger partial charge in [0.05, 0.1) is 5.92 Å². The van der Waals surface area contributed by atoms with Crippen LogP contribution in [0.4, 0.5) is 5.95 Å². The maximum absolute atomic E-state index is 11.9. The van der Waals surface area contributed by atoms with Crippen molar-refractivity contribution in [3.63, 3.8) is 0 Å². The molecule has 2 heterocycles. The van der Waals surface area contributed by atoms with Gasteiger partial charge in [-0.2, -0.15) is 0 Å². The molecule has 1 unspecified atom stereocenters. The van der Waals surface area contributed by atoms with Gasteiger partial charge in [0, 0.05) is 36.9 Å². The Labute approximate surface area is 126 Å². The van der Waals surface area contributed by atoms with E-state index in [1.807, 2.05) is 13.8 Å². The van der Waals surface area contributed by atoms with Crippen LogP contribution in [0.1, 0.15) is 49.9 Å². The third-order valence-corrected chi connectivity index (χ3v) is 4.58. The molecule has 2 aliphatic rings. The number of rotatable bonds is 4. The summed E-state index contributed by atoms with van der Waals surface area (Å²) in [6.07, 6.45) is 4.70. The van der Waals surface area contributed by atoms with E-state index >= 15 is 0 Å². The quantitative estimate of drug-likeness (QED) is 0.921. The molecule has 1 saturated carbocycles. The largest absolute Gasteiger partial charge is 0.356 e. The van der Waals surface area contributed by atoms with E-state index in [1.165, 1.54) is 25.0 Å². The number of aryl methyl sites for hydroxylation is 1. The number of hydrogen-bond donors (Lipinski definition) is 1. The summed E-state index contributed by atoms with van der Waals surface area (Å²) in [4.78, 5) is 23.4. The lowest BCUT2D eigenvalue weighted by Gasteiger charge is -2.26. The standard InChI is InChI=1S/C16H24N4O/c1-3-17-15(21)13-7-8-20(10-13)16-18-11(2)9-14(19-16)12-5-4-6-12/h9,12-13H,3-8,10H2,1-2H3,(H,17,21). The van der Waals surface area contributed by atoms with Crippen molar-refractivity contribution in [3.8, 4) is 0 Å². The van der Waals surface area contributed by atoms with Crippen LogP contribution in [-0.4, -0.2) is 35.5 Å². The van der Waals surface area contributed by atoms with Gasteiger partial charge in [0.2, 0.25) is 11.9 Å². The average Bonchev–Trinajstić information content (AvgIpc) is 2.86. The fraction of sp³-hybridized carbons (Fsp3) is 0.688. The molecule has 1 aliphatic carbocycles. The van der Waals surface area contributed by atoms with Gasteiger partial charge >= 0.3 is 0 Å². The van der Waals surface area contributed by atoms with Crippen LogP contribution in [-0.2, 0) is 4.79 Å². The van der Waals surface area contributed by atoms with Crippen LogP contribution in [0.25, 0.3) is 0 Å². The highest BCUT2D eigenvalue weighted by Crippen LogP contribution is 2.36. The number of carbonyl (C=O) groups excluding carboxylic acids is 1. The molecule has 5 heteroatoms. The molecule has 1 saturated heterocycles. The minimum Gasteiger partial charge on any atom is -0.356 e. The van der Waals surface area contributed by atoms with Crippen molar-refractivity contribution in [1.29, 1.82) is 0 Å². The van der Waals surface area contributed by atoms with Gasteiger partial charge < -0.3 is 10.2 Å².